The normalized spacial score (nSPS) is 9.86. The van der Waals surface area contributed by atoms with Crippen LogP contribution in [0.25, 0.3) is 0 Å². The Balaban J connectivity index is 3.42. The summed E-state index contributed by atoms with van der Waals surface area (Å²) in [4.78, 5) is 18.3. The summed E-state index contributed by atoms with van der Waals surface area (Å²) in [5.41, 5.74) is -2.10. The highest BCUT2D eigenvalue weighted by molar-refractivity contribution is 5.44. The number of nitrogens with zero attached hydrogens (tertiary/aromatic N) is 2. The molecule has 0 radical (unpaired) electrons. The van der Waals surface area contributed by atoms with Crippen LogP contribution in [-0.4, -0.2) is 15.1 Å². The number of benzene rings is 1. The van der Waals surface area contributed by atoms with Crippen LogP contribution in [0.5, 0.6) is 0 Å². The van der Waals surface area contributed by atoms with Gasteiger partial charge in [0.1, 0.15) is 6.07 Å². The van der Waals surface area contributed by atoms with Crippen molar-refractivity contribution < 1.29 is 23.8 Å². The molecule has 0 heterocycles. The fraction of sp³-hybridized carbons (Fsp3) is 0. The quantitative estimate of drug-likeness (QED) is 0.587. The SMILES string of the molecule is O=[N+]([O-])c1cc([N+](=O)O)c(F)cc1F. The van der Waals surface area contributed by atoms with Crippen LogP contribution in [0.15, 0.2) is 12.1 Å². The Labute approximate surface area is 75.1 Å². The molecular formula is C6H3F2N2O4+. The summed E-state index contributed by atoms with van der Waals surface area (Å²) in [5, 5.41) is 18.4. The van der Waals surface area contributed by atoms with Gasteiger partial charge in [0.2, 0.25) is 11.6 Å². The average Bonchev–Trinajstić information content (AvgIpc) is 2.02. The summed E-state index contributed by atoms with van der Waals surface area (Å²) >= 11 is 0. The van der Waals surface area contributed by atoms with Gasteiger partial charge in [-0.1, -0.05) is 0 Å². The lowest BCUT2D eigenvalue weighted by Crippen LogP contribution is -2.00. The van der Waals surface area contributed by atoms with Crippen LogP contribution >= 0.6 is 0 Å². The number of rotatable bonds is 2. The van der Waals surface area contributed by atoms with E-state index in [0.717, 1.165) is 0 Å². The highest BCUT2D eigenvalue weighted by Gasteiger charge is 2.27. The minimum Gasteiger partial charge on any atom is -0.258 e. The molecule has 1 aromatic rings. The van der Waals surface area contributed by atoms with E-state index in [9.17, 15) is 23.8 Å². The first kappa shape index (κ1) is 9.96. The summed E-state index contributed by atoms with van der Waals surface area (Å²) in [7, 11) is 0. The van der Waals surface area contributed by atoms with E-state index in [1.165, 1.54) is 0 Å². The number of nitro groups is 1. The average molecular weight is 205 g/mol. The fourth-order valence-electron chi connectivity index (χ4n) is 0.813. The molecule has 74 valence electrons. The lowest BCUT2D eigenvalue weighted by atomic mass is 10.2. The second-order valence-electron chi connectivity index (χ2n) is 2.29. The highest BCUT2D eigenvalue weighted by atomic mass is 19.1. The maximum atomic E-state index is 12.7. The third-order valence-electron chi connectivity index (χ3n) is 1.42. The third-order valence-corrected chi connectivity index (χ3v) is 1.42. The second-order valence-corrected chi connectivity index (χ2v) is 2.29. The Hall–Kier alpha value is -2.12. The number of halogens is 2. The van der Waals surface area contributed by atoms with Crippen LogP contribution in [0.4, 0.5) is 20.2 Å². The van der Waals surface area contributed by atoms with Gasteiger partial charge in [-0.2, -0.15) is 8.78 Å². The minimum atomic E-state index is -1.42. The molecule has 0 atom stereocenters. The van der Waals surface area contributed by atoms with Crippen LogP contribution < -0.4 is 0 Å². The fourth-order valence-corrected chi connectivity index (χ4v) is 0.813. The summed E-state index contributed by atoms with van der Waals surface area (Å²) in [5.74, 6) is -2.80. The Kier molecular flexibility index (Phi) is 2.36. The largest absolute Gasteiger partial charge is 0.358 e. The van der Waals surface area contributed by atoms with Crippen molar-refractivity contribution in [3.05, 3.63) is 38.8 Å². The number of nitro benzene ring substituents is 1. The standard InChI is InChI=1S/C6H3F2N2O4/c7-3-1-4(8)6(10(13)14)2-5(3)9(11)12/h1-2H,(H,11,12)/q+1. The molecule has 0 fully saturated rings. The molecule has 6 nitrogen and oxygen atoms in total. The molecule has 0 saturated heterocycles. The zero-order chi connectivity index (χ0) is 10.9. The van der Waals surface area contributed by atoms with E-state index in [0.29, 0.717) is 6.07 Å². The van der Waals surface area contributed by atoms with Crippen LogP contribution in [0.2, 0.25) is 0 Å². The van der Waals surface area contributed by atoms with Gasteiger partial charge in [-0.25, -0.2) is 5.21 Å². The van der Waals surface area contributed by atoms with Crippen molar-refractivity contribution >= 4 is 11.4 Å². The van der Waals surface area contributed by atoms with Crippen LogP contribution in [0.3, 0.4) is 0 Å². The molecule has 0 aliphatic rings. The predicted octanol–water partition coefficient (Wildman–Crippen LogP) is 1.67. The van der Waals surface area contributed by atoms with Crippen LogP contribution in [0.1, 0.15) is 0 Å². The minimum absolute atomic E-state index is 0.147. The first-order chi connectivity index (χ1) is 6.43. The molecule has 8 heteroatoms. The van der Waals surface area contributed by atoms with Crippen molar-refractivity contribution in [3.8, 4) is 0 Å². The van der Waals surface area contributed by atoms with Gasteiger partial charge in [-0.05, 0) is 0 Å². The van der Waals surface area contributed by atoms with Crippen molar-refractivity contribution in [2.45, 2.75) is 0 Å². The lowest BCUT2D eigenvalue weighted by molar-refractivity contribution is -0.731. The molecule has 0 aliphatic heterocycles. The first-order valence-electron chi connectivity index (χ1n) is 3.23. The Bertz CT molecular complexity index is 385. The third kappa shape index (κ3) is 1.63. The van der Waals surface area contributed by atoms with Gasteiger partial charge in [-0.15, -0.1) is 0 Å². The van der Waals surface area contributed by atoms with E-state index in [4.69, 9.17) is 5.21 Å². The summed E-state index contributed by atoms with van der Waals surface area (Å²) in [6, 6.07) is 0.451. The summed E-state index contributed by atoms with van der Waals surface area (Å²) in [6.45, 7) is 0. The van der Waals surface area contributed by atoms with Crippen molar-refractivity contribution in [2.75, 3.05) is 0 Å². The Morgan fingerprint density at radius 2 is 1.64 bits per heavy atom. The molecule has 0 aliphatic carbocycles. The van der Waals surface area contributed by atoms with Gasteiger partial charge in [-0.3, -0.25) is 10.1 Å². The van der Waals surface area contributed by atoms with E-state index in [1.807, 2.05) is 0 Å². The second kappa shape index (κ2) is 3.32. The summed E-state index contributed by atoms with van der Waals surface area (Å²) in [6.07, 6.45) is 0. The molecule has 0 aromatic heterocycles. The molecule has 1 N–H and O–H groups in total. The van der Waals surface area contributed by atoms with Crippen molar-refractivity contribution in [1.29, 1.82) is 0 Å². The van der Waals surface area contributed by atoms with Crippen molar-refractivity contribution in [3.63, 3.8) is 0 Å². The van der Waals surface area contributed by atoms with Gasteiger partial charge >= 0.3 is 11.4 Å². The van der Waals surface area contributed by atoms with Gasteiger partial charge in [0.05, 0.1) is 9.83 Å². The molecule has 0 saturated carbocycles. The topological polar surface area (TPSA) is 83.5 Å². The zero-order valence-electron chi connectivity index (χ0n) is 6.48. The predicted molar refractivity (Wildman–Crippen MR) is 38.1 cm³/mol. The molecule has 1 aromatic carbocycles. The van der Waals surface area contributed by atoms with E-state index >= 15 is 0 Å². The molecule has 1 rings (SSSR count). The van der Waals surface area contributed by atoms with Gasteiger partial charge in [0.15, 0.2) is 0 Å². The van der Waals surface area contributed by atoms with Crippen LogP contribution in [0, 0.1) is 26.7 Å². The zero-order valence-corrected chi connectivity index (χ0v) is 6.48. The van der Waals surface area contributed by atoms with Crippen molar-refractivity contribution in [1.82, 2.24) is 0 Å². The molecule has 0 unspecified atom stereocenters. The number of hydrogen-bond donors (Lipinski definition) is 1. The number of hydrogen-bond acceptors (Lipinski definition) is 3. The van der Waals surface area contributed by atoms with E-state index in [2.05, 4.69) is 0 Å². The Morgan fingerprint density at radius 1 is 1.14 bits per heavy atom. The molecule has 0 spiro atoms. The van der Waals surface area contributed by atoms with E-state index < -0.39 is 32.9 Å². The molecule has 14 heavy (non-hydrogen) atoms. The van der Waals surface area contributed by atoms with Gasteiger partial charge < -0.3 is 0 Å². The smallest absolute Gasteiger partial charge is 0.258 e. The maximum absolute atomic E-state index is 12.7. The van der Waals surface area contributed by atoms with E-state index in [1.54, 1.807) is 0 Å². The highest BCUT2D eigenvalue weighted by Crippen LogP contribution is 2.25. The van der Waals surface area contributed by atoms with Crippen LogP contribution in [-0.2, 0) is 0 Å². The maximum Gasteiger partial charge on any atom is 0.358 e. The van der Waals surface area contributed by atoms with E-state index in [-0.39, 0.29) is 6.07 Å². The molecule has 0 bridgehead atoms. The molecule has 0 amide bonds. The van der Waals surface area contributed by atoms with Gasteiger partial charge in [0, 0.05) is 6.07 Å². The summed E-state index contributed by atoms with van der Waals surface area (Å²) < 4.78 is 25.3. The first-order valence-corrected chi connectivity index (χ1v) is 3.23. The lowest BCUT2D eigenvalue weighted by Gasteiger charge is -1.93. The molecular weight excluding hydrogens is 202 g/mol. The van der Waals surface area contributed by atoms with Gasteiger partial charge in [0.25, 0.3) is 4.92 Å². The Morgan fingerprint density at radius 3 is 2.07 bits per heavy atom. The van der Waals surface area contributed by atoms with Crippen molar-refractivity contribution in [2.24, 2.45) is 0 Å². The monoisotopic (exact) mass is 205 g/mol.